The van der Waals surface area contributed by atoms with E-state index >= 15 is 0 Å². The molecule has 4 atom stereocenters. The third-order valence-corrected chi connectivity index (χ3v) is 8.64. The Morgan fingerprint density at radius 3 is 2.72 bits per heavy atom. The quantitative estimate of drug-likeness (QED) is 0.583. The van der Waals surface area contributed by atoms with E-state index in [1.165, 1.54) is 12.1 Å². The van der Waals surface area contributed by atoms with Crippen molar-refractivity contribution in [2.24, 2.45) is 5.92 Å². The summed E-state index contributed by atoms with van der Waals surface area (Å²) in [5.74, 6) is 0.861. The van der Waals surface area contributed by atoms with E-state index in [0.29, 0.717) is 43.5 Å². The average molecular weight is 538 g/mol. The number of ether oxygens (including phenoxy) is 2. The number of fused-ring (bicyclic) bond motifs is 1. The average Bonchev–Trinajstić information content (AvgIpc) is 3.77. The Morgan fingerprint density at radius 2 is 1.95 bits per heavy atom. The second-order valence-electron chi connectivity index (χ2n) is 11.8. The first-order valence-corrected chi connectivity index (χ1v) is 14.4. The second-order valence-corrected chi connectivity index (χ2v) is 11.8. The van der Waals surface area contributed by atoms with E-state index < -0.39 is 0 Å². The van der Waals surface area contributed by atoms with Crippen LogP contribution in [-0.2, 0) is 16.0 Å². The third-order valence-electron chi connectivity index (χ3n) is 8.64. The lowest BCUT2D eigenvalue weighted by Crippen LogP contribution is -2.63. The highest BCUT2D eigenvalue weighted by atomic mass is 19.1. The Labute approximate surface area is 230 Å². The first-order chi connectivity index (χ1) is 18.9. The Balaban J connectivity index is 1.23. The molecule has 6 rings (SSSR count). The van der Waals surface area contributed by atoms with Crippen LogP contribution in [0, 0.1) is 11.7 Å². The summed E-state index contributed by atoms with van der Waals surface area (Å²) in [5, 5.41) is 3.63. The van der Waals surface area contributed by atoms with Crippen molar-refractivity contribution in [2.45, 2.75) is 57.3 Å². The number of benzene rings is 1. The number of carbonyl (C=O) groups is 1. The molecule has 0 unspecified atom stereocenters. The van der Waals surface area contributed by atoms with Crippen molar-refractivity contribution in [3.05, 3.63) is 53.5 Å². The van der Waals surface area contributed by atoms with Gasteiger partial charge in [-0.2, -0.15) is 0 Å². The molecule has 3 aliphatic heterocycles. The summed E-state index contributed by atoms with van der Waals surface area (Å²) in [5.41, 5.74) is 2.75. The van der Waals surface area contributed by atoms with E-state index in [1.54, 1.807) is 18.3 Å². The minimum atomic E-state index is -0.247. The van der Waals surface area contributed by atoms with Crippen molar-refractivity contribution in [3.63, 3.8) is 0 Å². The van der Waals surface area contributed by atoms with Crippen LogP contribution < -0.4 is 15.0 Å². The maximum absolute atomic E-state index is 14.2. The number of carbonyl (C=O) groups excluding carboxylic acids is 1. The molecule has 2 saturated heterocycles. The number of amides is 1. The Hall–Kier alpha value is -2.59. The van der Waals surface area contributed by atoms with Gasteiger partial charge in [0.1, 0.15) is 18.1 Å². The number of anilines is 1. The summed E-state index contributed by atoms with van der Waals surface area (Å²) < 4.78 is 25.2. The molecule has 9 heteroatoms. The van der Waals surface area contributed by atoms with Crippen LogP contribution in [0.4, 0.5) is 10.1 Å². The number of nitrogens with one attached hydrogen (secondary N) is 1. The molecule has 1 N–H and O–H groups in total. The summed E-state index contributed by atoms with van der Waals surface area (Å²) >= 11 is 0. The Kier molecular flexibility index (Phi) is 7.84. The molecule has 4 heterocycles. The van der Waals surface area contributed by atoms with Crippen LogP contribution in [0.25, 0.3) is 0 Å². The van der Waals surface area contributed by atoms with Gasteiger partial charge in [0.25, 0.3) is 0 Å². The van der Waals surface area contributed by atoms with Gasteiger partial charge in [0.15, 0.2) is 0 Å². The van der Waals surface area contributed by atoms with E-state index in [0.717, 1.165) is 69.0 Å². The molecule has 2 aromatic rings. The first kappa shape index (κ1) is 26.6. The van der Waals surface area contributed by atoms with Crippen LogP contribution in [0.2, 0.25) is 0 Å². The molecule has 8 nitrogen and oxygen atoms in total. The molecular weight excluding hydrogens is 497 g/mol. The van der Waals surface area contributed by atoms with Gasteiger partial charge in [-0.05, 0) is 68.4 Å². The molecule has 39 heavy (non-hydrogen) atoms. The lowest BCUT2D eigenvalue weighted by Gasteiger charge is -2.44. The van der Waals surface area contributed by atoms with Crippen molar-refractivity contribution in [2.75, 3.05) is 57.4 Å². The highest BCUT2D eigenvalue weighted by Crippen LogP contribution is 2.42. The number of hydrogen-bond acceptors (Lipinski definition) is 7. The van der Waals surface area contributed by atoms with Crippen LogP contribution in [0.3, 0.4) is 0 Å². The van der Waals surface area contributed by atoms with Crippen LogP contribution in [0.1, 0.15) is 37.8 Å². The van der Waals surface area contributed by atoms with Gasteiger partial charge in [0, 0.05) is 50.5 Å². The zero-order chi connectivity index (χ0) is 26.9. The molecule has 1 aliphatic carbocycles. The lowest BCUT2D eigenvalue weighted by molar-refractivity contribution is -0.122. The molecule has 3 fully saturated rings. The number of rotatable bonds is 7. The minimum Gasteiger partial charge on any atom is -0.474 e. The summed E-state index contributed by atoms with van der Waals surface area (Å²) in [7, 11) is 0. The van der Waals surface area contributed by atoms with E-state index in [1.807, 2.05) is 11.0 Å². The van der Waals surface area contributed by atoms with Gasteiger partial charge in [-0.1, -0.05) is 12.1 Å². The topological polar surface area (TPSA) is 70.2 Å². The zero-order valence-electron chi connectivity index (χ0n) is 23.0. The van der Waals surface area contributed by atoms with Crippen LogP contribution >= 0.6 is 0 Å². The number of hydrogen-bond donors (Lipinski definition) is 1. The SMILES string of the molecule is C[C@@H]1CN(CC(=O)N2c3cc(Cc4ccc(F)cc4)cnc3OC[C@@H]2C2CC2)[C@@H](CN2CCOC[C@H]2C)CN1. The molecule has 1 saturated carbocycles. The molecule has 0 spiro atoms. The highest BCUT2D eigenvalue weighted by molar-refractivity contribution is 5.97. The van der Waals surface area contributed by atoms with Gasteiger partial charge < -0.3 is 14.8 Å². The van der Waals surface area contributed by atoms with Crippen molar-refractivity contribution in [1.29, 1.82) is 0 Å². The fraction of sp³-hybridized carbons (Fsp3) is 0.600. The molecule has 0 radical (unpaired) electrons. The predicted molar refractivity (Wildman–Crippen MR) is 148 cm³/mol. The second kappa shape index (κ2) is 11.5. The standard InChI is InChI=1S/C30H40FN5O3/c1-20-15-35(26(14-32-20)16-34-9-10-38-18-21(34)2)17-29(37)36-27-12-23(11-22-3-7-25(31)8-4-22)13-33-30(27)39-19-28(36)24-5-6-24/h3-4,7-8,12-13,20-21,24,26,28,32H,5-6,9-11,14-19H2,1-2H3/t20-,21-,26-,28-/m1/s1. The highest BCUT2D eigenvalue weighted by Gasteiger charge is 2.43. The van der Waals surface area contributed by atoms with Crippen molar-refractivity contribution >= 4 is 11.6 Å². The van der Waals surface area contributed by atoms with Gasteiger partial charge >= 0.3 is 0 Å². The summed E-state index contributed by atoms with van der Waals surface area (Å²) in [6, 6.07) is 9.59. The number of pyridine rings is 1. The monoisotopic (exact) mass is 537 g/mol. The van der Waals surface area contributed by atoms with Gasteiger partial charge in [0.2, 0.25) is 11.8 Å². The fourth-order valence-electron chi connectivity index (χ4n) is 6.22. The van der Waals surface area contributed by atoms with E-state index in [-0.39, 0.29) is 23.8 Å². The van der Waals surface area contributed by atoms with Crippen molar-refractivity contribution < 1.29 is 18.7 Å². The summed E-state index contributed by atoms with van der Waals surface area (Å²) in [6.45, 7) is 10.3. The molecule has 1 aromatic heterocycles. The number of nitrogens with zero attached hydrogens (tertiary/aromatic N) is 4. The largest absolute Gasteiger partial charge is 0.474 e. The fourth-order valence-corrected chi connectivity index (χ4v) is 6.22. The lowest BCUT2D eigenvalue weighted by atomic mass is 10.0. The maximum atomic E-state index is 14.2. The predicted octanol–water partition coefficient (Wildman–Crippen LogP) is 2.70. The van der Waals surface area contributed by atoms with Gasteiger partial charge in [0.05, 0.1) is 25.8 Å². The summed E-state index contributed by atoms with van der Waals surface area (Å²) in [6.07, 6.45) is 4.67. The number of halogens is 1. The number of morpholine rings is 1. The number of piperazine rings is 1. The molecule has 1 aromatic carbocycles. The minimum absolute atomic E-state index is 0.0333. The Morgan fingerprint density at radius 1 is 1.13 bits per heavy atom. The molecule has 210 valence electrons. The normalized spacial score (nSPS) is 28.1. The smallest absolute Gasteiger partial charge is 0.241 e. The van der Waals surface area contributed by atoms with Crippen LogP contribution in [0.15, 0.2) is 36.5 Å². The van der Waals surface area contributed by atoms with Gasteiger partial charge in [-0.15, -0.1) is 0 Å². The first-order valence-electron chi connectivity index (χ1n) is 14.4. The van der Waals surface area contributed by atoms with E-state index in [2.05, 4.69) is 33.9 Å². The molecular formula is C30H40FN5O3. The van der Waals surface area contributed by atoms with Crippen molar-refractivity contribution in [3.8, 4) is 5.88 Å². The Bertz CT molecular complexity index is 1160. The third kappa shape index (κ3) is 6.11. The molecule has 0 bridgehead atoms. The van der Waals surface area contributed by atoms with Gasteiger partial charge in [-0.3, -0.25) is 19.5 Å². The van der Waals surface area contributed by atoms with E-state index in [9.17, 15) is 9.18 Å². The van der Waals surface area contributed by atoms with E-state index in [4.69, 9.17) is 9.47 Å². The van der Waals surface area contributed by atoms with Crippen molar-refractivity contribution in [1.82, 2.24) is 20.1 Å². The zero-order valence-corrected chi connectivity index (χ0v) is 23.0. The van der Waals surface area contributed by atoms with Crippen LogP contribution in [-0.4, -0.2) is 97.4 Å². The number of aromatic nitrogens is 1. The maximum Gasteiger partial charge on any atom is 0.241 e. The molecule has 4 aliphatic rings. The van der Waals surface area contributed by atoms with Crippen LogP contribution in [0.5, 0.6) is 5.88 Å². The molecule has 1 amide bonds. The van der Waals surface area contributed by atoms with Gasteiger partial charge in [-0.25, -0.2) is 9.37 Å². The summed E-state index contributed by atoms with van der Waals surface area (Å²) in [4.78, 5) is 25.7.